The third kappa shape index (κ3) is 4.03. The maximum atomic E-state index is 11.5. The third-order valence-corrected chi connectivity index (χ3v) is 4.58. The van der Waals surface area contributed by atoms with Crippen LogP contribution in [0.25, 0.3) is 0 Å². The van der Waals surface area contributed by atoms with Gasteiger partial charge in [0.05, 0.1) is 6.54 Å². The lowest BCUT2D eigenvalue weighted by molar-refractivity contribution is -0.266. The largest absolute Gasteiger partial charge is 0.416 e. The first-order valence-electron chi connectivity index (χ1n) is 6.56. The number of piperazine rings is 1. The topological polar surface area (TPSA) is 60.0 Å². The molecule has 1 rings (SSSR count). The van der Waals surface area contributed by atoms with Crippen LogP contribution < -0.4 is 5.32 Å². The summed E-state index contributed by atoms with van der Waals surface area (Å²) in [5.41, 5.74) is -0.808. The molecule has 1 saturated heterocycles. The van der Waals surface area contributed by atoms with Gasteiger partial charge in [-0.25, -0.2) is 4.90 Å². The minimum absolute atomic E-state index is 0.00975. The molecule has 0 bridgehead atoms. The third-order valence-electron chi connectivity index (χ3n) is 2.75. The Morgan fingerprint density at radius 2 is 1.94 bits per heavy atom. The van der Waals surface area contributed by atoms with Crippen LogP contribution in [0.4, 0.5) is 0 Å². The van der Waals surface area contributed by atoms with Gasteiger partial charge in [-0.3, -0.25) is 4.79 Å². The molecular weight excluding hydrogens is 252 g/mol. The number of carbonyl (C=O) groups excluding carboxylic acids is 1. The van der Waals surface area contributed by atoms with Crippen molar-refractivity contribution in [1.82, 2.24) is 10.2 Å². The summed E-state index contributed by atoms with van der Waals surface area (Å²) in [6.45, 7) is 9.20. The quantitative estimate of drug-likeness (QED) is 0.466. The van der Waals surface area contributed by atoms with Gasteiger partial charge in [-0.1, -0.05) is 0 Å². The summed E-state index contributed by atoms with van der Waals surface area (Å²) in [6.07, 6.45) is 0. The van der Waals surface area contributed by atoms with Crippen LogP contribution in [0.5, 0.6) is 0 Å². The summed E-state index contributed by atoms with van der Waals surface area (Å²) in [6, 6.07) is 0. The summed E-state index contributed by atoms with van der Waals surface area (Å²) in [7, 11) is -1.07. The molecule has 0 spiro atoms. The molecule has 0 aromatic carbocycles. The van der Waals surface area contributed by atoms with Gasteiger partial charge < -0.3 is 19.2 Å². The predicted octanol–water partition coefficient (Wildman–Crippen LogP) is -0.777. The van der Waals surface area contributed by atoms with E-state index in [2.05, 4.69) is 5.32 Å². The van der Waals surface area contributed by atoms with Crippen LogP contribution in [0.1, 0.15) is 20.8 Å². The minimum atomic E-state index is -1.07. The highest BCUT2D eigenvalue weighted by molar-refractivity contribution is 6.30. The summed E-state index contributed by atoms with van der Waals surface area (Å²) in [5.74, 6) is 0.00975. The fraction of sp³-hybridized carbons (Fsp3) is 0.909. The van der Waals surface area contributed by atoms with Crippen LogP contribution in [0.15, 0.2) is 0 Å². The van der Waals surface area contributed by atoms with E-state index >= 15 is 0 Å². The maximum absolute atomic E-state index is 11.5. The Kier molecular flexibility index (Phi) is 6.80. The van der Waals surface area contributed by atoms with Crippen molar-refractivity contribution in [3.63, 3.8) is 0 Å². The highest BCUT2D eigenvalue weighted by atomic mass is 28.2. The first-order chi connectivity index (χ1) is 8.68. The van der Waals surface area contributed by atoms with Gasteiger partial charge in [0.1, 0.15) is 0 Å². The summed E-state index contributed by atoms with van der Waals surface area (Å²) in [4.78, 5) is 13.5. The fourth-order valence-corrected chi connectivity index (χ4v) is 3.50. The summed E-state index contributed by atoms with van der Waals surface area (Å²) < 4.78 is 17.2. The van der Waals surface area contributed by atoms with Crippen LogP contribution in [0.3, 0.4) is 0 Å². The average Bonchev–Trinajstić information content (AvgIpc) is 2.36. The lowest BCUT2D eigenvalue weighted by atomic mass is 10.4. The molecule has 0 aromatic rings. The van der Waals surface area contributed by atoms with Gasteiger partial charge in [0.25, 0.3) is 0 Å². The van der Waals surface area contributed by atoms with Crippen molar-refractivity contribution in [2.45, 2.75) is 26.3 Å². The lowest BCUT2D eigenvalue weighted by Crippen LogP contribution is -2.64. The smallest absolute Gasteiger partial charge is 0.248 e. The molecular formula is C11H24N2O4Si. The number of nitrogens with zero attached hydrogens (tertiary/aromatic N) is 1. The van der Waals surface area contributed by atoms with E-state index in [0.29, 0.717) is 32.9 Å². The first-order valence-corrected chi connectivity index (χ1v) is 7.84. The molecule has 0 atom stereocenters. The Labute approximate surface area is 111 Å². The molecule has 1 aliphatic heterocycles. The molecule has 0 aliphatic carbocycles. The van der Waals surface area contributed by atoms with E-state index in [4.69, 9.17) is 13.9 Å². The Bertz CT molecular complexity index is 259. The second-order valence-electron chi connectivity index (χ2n) is 3.99. The van der Waals surface area contributed by atoms with Crippen molar-refractivity contribution in [3.8, 4) is 0 Å². The fourth-order valence-electron chi connectivity index (χ4n) is 2.01. The van der Waals surface area contributed by atoms with Gasteiger partial charge >= 0.3 is 0 Å². The van der Waals surface area contributed by atoms with Gasteiger partial charge in [0, 0.05) is 32.9 Å². The number of amides is 1. The van der Waals surface area contributed by atoms with Gasteiger partial charge in [-0.2, -0.15) is 0 Å². The van der Waals surface area contributed by atoms with E-state index in [1.807, 2.05) is 25.7 Å². The molecule has 1 heterocycles. The predicted molar refractivity (Wildman–Crippen MR) is 70.7 cm³/mol. The van der Waals surface area contributed by atoms with E-state index in [-0.39, 0.29) is 5.91 Å². The van der Waals surface area contributed by atoms with Crippen molar-refractivity contribution < 1.29 is 18.7 Å². The SMILES string of the molecule is CCO[SiH2]C(OCC)(OCC)N1CCNC(=O)C1. The van der Waals surface area contributed by atoms with Crippen LogP contribution in [0.2, 0.25) is 0 Å². The van der Waals surface area contributed by atoms with Crippen LogP contribution >= 0.6 is 0 Å². The van der Waals surface area contributed by atoms with Crippen LogP contribution in [0, 0.1) is 0 Å². The van der Waals surface area contributed by atoms with Crippen LogP contribution in [-0.4, -0.2) is 65.6 Å². The second kappa shape index (κ2) is 7.85. The van der Waals surface area contributed by atoms with Gasteiger partial charge in [-0.15, -0.1) is 0 Å². The van der Waals surface area contributed by atoms with Crippen molar-refractivity contribution >= 4 is 15.7 Å². The van der Waals surface area contributed by atoms with Crippen molar-refractivity contribution in [2.24, 2.45) is 0 Å². The Hall–Kier alpha value is -0.473. The van der Waals surface area contributed by atoms with Gasteiger partial charge in [0.2, 0.25) is 21.2 Å². The Balaban J connectivity index is 2.79. The van der Waals surface area contributed by atoms with E-state index in [1.54, 1.807) is 0 Å². The number of hydrogen-bond donors (Lipinski definition) is 1. The minimum Gasteiger partial charge on any atom is -0.416 e. The number of ether oxygens (including phenoxy) is 2. The summed E-state index contributed by atoms with van der Waals surface area (Å²) in [5, 5.41) is 2.81. The van der Waals surface area contributed by atoms with Crippen molar-refractivity contribution in [1.29, 1.82) is 0 Å². The van der Waals surface area contributed by atoms with Crippen molar-refractivity contribution in [2.75, 3.05) is 39.5 Å². The number of rotatable bonds is 8. The van der Waals surface area contributed by atoms with Gasteiger partial charge in [0.15, 0.2) is 0 Å². The lowest BCUT2D eigenvalue weighted by Gasteiger charge is -2.43. The molecule has 18 heavy (non-hydrogen) atoms. The molecule has 0 saturated carbocycles. The zero-order chi connectivity index (χ0) is 13.4. The first kappa shape index (κ1) is 15.6. The molecule has 106 valence electrons. The monoisotopic (exact) mass is 276 g/mol. The highest BCUT2D eigenvalue weighted by Crippen LogP contribution is 2.19. The van der Waals surface area contributed by atoms with E-state index in [9.17, 15) is 4.79 Å². The summed E-state index contributed by atoms with van der Waals surface area (Å²) >= 11 is 0. The molecule has 0 radical (unpaired) electrons. The van der Waals surface area contributed by atoms with E-state index in [1.165, 1.54) is 0 Å². The normalized spacial score (nSPS) is 18.5. The molecule has 1 fully saturated rings. The molecule has 1 N–H and O–H groups in total. The zero-order valence-corrected chi connectivity index (χ0v) is 12.9. The standard InChI is InChI=1S/C11H24N2O4Si/c1-4-15-11(16-5-2,18-17-6-3)13-8-7-12-10(14)9-13/h4-9,18H2,1-3H3,(H,12,14). The molecule has 1 aliphatic rings. The average molecular weight is 276 g/mol. The van der Waals surface area contributed by atoms with E-state index < -0.39 is 15.3 Å². The number of carbonyl (C=O) groups is 1. The molecule has 6 nitrogen and oxygen atoms in total. The van der Waals surface area contributed by atoms with Crippen molar-refractivity contribution in [3.05, 3.63) is 0 Å². The maximum Gasteiger partial charge on any atom is 0.248 e. The van der Waals surface area contributed by atoms with E-state index in [0.717, 1.165) is 6.54 Å². The van der Waals surface area contributed by atoms with Crippen LogP contribution in [-0.2, 0) is 18.7 Å². The molecule has 1 amide bonds. The highest BCUT2D eigenvalue weighted by Gasteiger charge is 2.41. The molecule has 0 aromatic heterocycles. The molecule has 7 heteroatoms. The number of hydrogen-bond acceptors (Lipinski definition) is 5. The zero-order valence-electron chi connectivity index (χ0n) is 11.5. The Morgan fingerprint density at radius 3 is 2.44 bits per heavy atom. The Morgan fingerprint density at radius 1 is 1.28 bits per heavy atom. The number of nitrogens with one attached hydrogen (secondary N) is 1. The second-order valence-corrected chi connectivity index (χ2v) is 5.58. The van der Waals surface area contributed by atoms with Gasteiger partial charge in [-0.05, 0) is 20.8 Å². The molecule has 0 unspecified atom stereocenters.